The van der Waals surface area contributed by atoms with Crippen LogP contribution >= 0.6 is 0 Å². The lowest BCUT2D eigenvalue weighted by molar-refractivity contribution is -0.384. The Hall–Kier alpha value is -2.04. The first-order chi connectivity index (χ1) is 11.4. The molecule has 130 valence electrons. The Morgan fingerprint density at radius 3 is 2.46 bits per heavy atom. The van der Waals surface area contributed by atoms with Crippen molar-refractivity contribution < 1.29 is 22.9 Å². The molecule has 10 heteroatoms. The average Bonchev–Trinajstić information content (AvgIpc) is 3.01. The van der Waals surface area contributed by atoms with Crippen LogP contribution < -0.4 is 4.90 Å². The van der Waals surface area contributed by atoms with Crippen LogP contribution in [0.1, 0.15) is 12.8 Å². The van der Waals surface area contributed by atoms with Crippen LogP contribution in [0.4, 0.5) is 11.4 Å². The van der Waals surface area contributed by atoms with Crippen LogP contribution in [0.25, 0.3) is 0 Å². The number of amides is 1. The van der Waals surface area contributed by atoms with Crippen molar-refractivity contribution in [1.82, 2.24) is 4.31 Å². The number of nitro groups is 1. The number of ether oxygens (including phenoxy) is 1. The van der Waals surface area contributed by atoms with Crippen molar-refractivity contribution in [2.75, 3.05) is 37.7 Å². The third kappa shape index (κ3) is 2.99. The Kier molecular flexibility index (Phi) is 4.52. The summed E-state index contributed by atoms with van der Waals surface area (Å²) in [5, 5.41) is 11.4. The molecule has 9 nitrogen and oxygen atoms in total. The molecule has 0 atom stereocenters. The number of carbonyl (C=O) groups excluding carboxylic acids is 1. The van der Waals surface area contributed by atoms with E-state index in [0.29, 0.717) is 32.6 Å². The van der Waals surface area contributed by atoms with E-state index in [1.807, 2.05) is 0 Å². The number of hydrogen-bond donors (Lipinski definition) is 0. The molecule has 2 heterocycles. The van der Waals surface area contributed by atoms with Crippen LogP contribution in [-0.2, 0) is 19.6 Å². The highest BCUT2D eigenvalue weighted by atomic mass is 32.2. The van der Waals surface area contributed by atoms with E-state index in [2.05, 4.69) is 0 Å². The minimum absolute atomic E-state index is 0.142. The van der Waals surface area contributed by atoms with Crippen molar-refractivity contribution in [3.63, 3.8) is 0 Å². The summed E-state index contributed by atoms with van der Waals surface area (Å²) in [6.07, 6.45) is 0.967. The normalized spacial score (nSPS) is 19.7. The second kappa shape index (κ2) is 6.46. The van der Waals surface area contributed by atoms with Gasteiger partial charge in [-0.2, -0.15) is 4.31 Å². The zero-order valence-electron chi connectivity index (χ0n) is 12.9. The lowest BCUT2D eigenvalue weighted by Crippen LogP contribution is -2.40. The SMILES string of the molecule is O=C1CCCN1c1ccc(S(=O)(=O)N2CCOCC2)cc1[N+](=O)[O-]. The van der Waals surface area contributed by atoms with Gasteiger partial charge >= 0.3 is 0 Å². The number of benzene rings is 1. The first kappa shape index (κ1) is 16.8. The molecule has 0 bridgehead atoms. The highest BCUT2D eigenvalue weighted by Gasteiger charge is 2.32. The van der Waals surface area contributed by atoms with Gasteiger partial charge in [-0.05, 0) is 18.6 Å². The molecular formula is C14H17N3O6S. The largest absolute Gasteiger partial charge is 0.379 e. The quantitative estimate of drug-likeness (QED) is 0.582. The van der Waals surface area contributed by atoms with E-state index in [0.717, 1.165) is 6.07 Å². The molecule has 0 radical (unpaired) electrons. The summed E-state index contributed by atoms with van der Waals surface area (Å²) in [6.45, 7) is 1.41. The average molecular weight is 355 g/mol. The van der Waals surface area contributed by atoms with Gasteiger partial charge in [0.05, 0.1) is 23.0 Å². The maximum atomic E-state index is 12.6. The summed E-state index contributed by atoms with van der Waals surface area (Å²) in [5.41, 5.74) is -0.233. The van der Waals surface area contributed by atoms with Crippen LogP contribution in [0.2, 0.25) is 0 Å². The Balaban J connectivity index is 2.00. The van der Waals surface area contributed by atoms with Crippen LogP contribution in [0, 0.1) is 10.1 Å². The molecule has 2 fully saturated rings. The summed E-state index contributed by atoms with van der Waals surface area (Å²) in [7, 11) is -3.83. The van der Waals surface area contributed by atoms with Gasteiger partial charge in [0.15, 0.2) is 0 Å². The van der Waals surface area contributed by atoms with Gasteiger partial charge in [-0.15, -0.1) is 0 Å². The molecule has 0 aliphatic carbocycles. The maximum absolute atomic E-state index is 12.6. The molecule has 1 amide bonds. The number of nitro benzene ring substituents is 1. The summed E-state index contributed by atoms with van der Waals surface area (Å²) in [4.78, 5) is 23.8. The maximum Gasteiger partial charge on any atom is 0.294 e. The Labute approximate surface area is 139 Å². The van der Waals surface area contributed by atoms with Crippen molar-refractivity contribution in [1.29, 1.82) is 0 Å². The molecule has 1 aromatic rings. The first-order valence-electron chi connectivity index (χ1n) is 7.58. The van der Waals surface area contributed by atoms with Gasteiger partial charge in [0.2, 0.25) is 15.9 Å². The van der Waals surface area contributed by atoms with E-state index in [4.69, 9.17) is 4.74 Å². The van der Waals surface area contributed by atoms with Crippen molar-refractivity contribution in [3.05, 3.63) is 28.3 Å². The van der Waals surface area contributed by atoms with E-state index >= 15 is 0 Å². The van der Waals surface area contributed by atoms with Crippen molar-refractivity contribution in [2.45, 2.75) is 17.7 Å². The summed E-state index contributed by atoms with van der Waals surface area (Å²) >= 11 is 0. The molecule has 3 rings (SSSR count). The molecule has 0 spiro atoms. The zero-order valence-corrected chi connectivity index (χ0v) is 13.7. The van der Waals surface area contributed by atoms with Gasteiger partial charge in [0.1, 0.15) is 5.69 Å². The highest BCUT2D eigenvalue weighted by Crippen LogP contribution is 2.34. The molecular weight excluding hydrogens is 338 g/mol. The van der Waals surface area contributed by atoms with Crippen LogP contribution in [0.5, 0.6) is 0 Å². The second-order valence-electron chi connectivity index (χ2n) is 5.57. The fraction of sp³-hybridized carbons (Fsp3) is 0.500. The fourth-order valence-corrected chi connectivity index (χ4v) is 4.31. The van der Waals surface area contributed by atoms with Gasteiger partial charge in [0, 0.05) is 32.1 Å². The number of hydrogen-bond acceptors (Lipinski definition) is 6. The molecule has 0 unspecified atom stereocenters. The predicted molar refractivity (Wildman–Crippen MR) is 84.3 cm³/mol. The van der Waals surface area contributed by atoms with E-state index in [1.54, 1.807) is 0 Å². The monoisotopic (exact) mass is 355 g/mol. The highest BCUT2D eigenvalue weighted by molar-refractivity contribution is 7.89. The Morgan fingerprint density at radius 1 is 1.17 bits per heavy atom. The lowest BCUT2D eigenvalue weighted by Gasteiger charge is -2.26. The van der Waals surface area contributed by atoms with E-state index in [-0.39, 0.29) is 35.3 Å². The van der Waals surface area contributed by atoms with Gasteiger partial charge < -0.3 is 9.64 Å². The van der Waals surface area contributed by atoms with Crippen molar-refractivity contribution in [2.24, 2.45) is 0 Å². The topological polar surface area (TPSA) is 110 Å². The molecule has 2 aliphatic rings. The van der Waals surface area contributed by atoms with E-state index < -0.39 is 14.9 Å². The first-order valence-corrected chi connectivity index (χ1v) is 9.02. The van der Waals surface area contributed by atoms with Gasteiger partial charge in [0.25, 0.3) is 5.69 Å². The Bertz CT molecular complexity index is 773. The van der Waals surface area contributed by atoms with Crippen LogP contribution in [0.15, 0.2) is 23.1 Å². The fourth-order valence-electron chi connectivity index (χ4n) is 2.88. The zero-order chi connectivity index (χ0) is 17.3. The summed E-state index contributed by atoms with van der Waals surface area (Å²) in [6, 6.07) is 3.69. The third-order valence-corrected chi connectivity index (χ3v) is 6.01. The number of rotatable bonds is 4. The molecule has 2 aliphatic heterocycles. The number of sulfonamides is 1. The molecule has 24 heavy (non-hydrogen) atoms. The van der Waals surface area contributed by atoms with Gasteiger partial charge in [-0.1, -0.05) is 0 Å². The standard InChI is InChI=1S/C14H17N3O6S/c18-14-2-1-5-16(14)12-4-3-11(10-13(12)17(19)20)24(21,22)15-6-8-23-9-7-15/h3-4,10H,1-2,5-9H2. The van der Waals surface area contributed by atoms with Crippen LogP contribution in [0.3, 0.4) is 0 Å². The van der Waals surface area contributed by atoms with Gasteiger partial charge in [-0.3, -0.25) is 14.9 Å². The van der Waals surface area contributed by atoms with Crippen LogP contribution in [-0.4, -0.2) is 56.4 Å². The van der Waals surface area contributed by atoms with Crippen molar-refractivity contribution >= 4 is 27.3 Å². The molecule has 2 saturated heterocycles. The molecule has 0 saturated carbocycles. The molecule has 0 N–H and O–H groups in total. The lowest BCUT2D eigenvalue weighted by atomic mass is 10.2. The summed E-state index contributed by atoms with van der Waals surface area (Å²) in [5.74, 6) is -0.193. The Morgan fingerprint density at radius 2 is 1.88 bits per heavy atom. The smallest absolute Gasteiger partial charge is 0.294 e. The number of carbonyl (C=O) groups is 1. The molecule has 1 aromatic carbocycles. The van der Waals surface area contributed by atoms with E-state index in [9.17, 15) is 23.3 Å². The number of morpholine rings is 1. The van der Waals surface area contributed by atoms with E-state index in [1.165, 1.54) is 21.3 Å². The number of nitrogens with zero attached hydrogens (tertiary/aromatic N) is 3. The minimum Gasteiger partial charge on any atom is -0.379 e. The number of anilines is 1. The predicted octanol–water partition coefficient (Wildman–Crippen LogP) is 0.742. The van der Waals surface area contributed by atoms with Crippen molar-refractivity contribution in [3.8, 4) is 0 Å². The summed E-state index contributed by atoms with van der Waals surface area (Å²) < 4.78 is 31.6. The second-order valence-corrected chi connectivity index (χ2v) is 7.51. The molecule has 0 aromatic heterocycles. The third-order valence-electron chi connectivity index (χ3n) is 4.12. The minimum atomic E-state index is -3.83. The van der Waals surface area contributed by atoms with Gasteiger partial charge in [-0.25, -0.2) is 8.42 Å².